The summed E-state index contributed by atoms with van der Waals surface area (Å²) in [4.78, 5) is 20.4. The number of nitrogens with zero attached hydrogens (tertiary/aromatic N) is 2. The van der Waals surface area contributed by atoms with Gasteiger partial charge in [-0.15, -0.1) is 0 Å². The Morgan fingerprint density at radius 2 is 1.17 bits per heavy atom. The van der Waals surface area contributed by atoms with E-state index < -0.39 is 22.5 Å². The second-order valence-electron chi connectivity index (χ2n) is 11.9. The Labute approximate surface area is 270 Å². The van der Waals surface area contributed by atoms with E-state index in [9.17, 15) is 0 Å². The summed E-state index contributed by atoms with van der Waals surface area (Å²) in [6.45, 7) is 0. The zero-order valence-electron chi connectivity index (χ0n) is 25.2. The fourth-order valence-electron chi connectivity index (χ4n) is 7.79. The van der Waals surface area contributed by atoms with E-state index in [1.165, 1.54) is 6.07 Å². The van der Waals surface area contributed by atoms with Gasteiger partial charge in [-0.25, -0.2) is 9.37 Å². The van der Waals surface area contributed by atoms with Gasteiger partial charge in [0.05, 0.1) is 5.52 Å². The van der Waals surface area contributed by atoms with E-state index in [1.807, 2.05) is 127 Å². The SMILES string of the molecule is O=c1c2c(F)cccc2nc2n1[C@@]1(c3ccccc3)C(c3ccccc3)=C(c3ccccc3)O[C@@]1(c1ccccc1)c1ccccc1-2. The second kappa shape index (κ2) is 10.2. The maximum atomic E-state index is 15.9. The van der Waals surface area contributed by atoms with Crippen LogP contribution in [0.3, 0.4) is 0 Å². The monoisotopic (exact) mass is 610 g/mol. The predicted octanol–water partition coefficient (Wildman–Crippen LogP) is 8.80. The molecule has 0 radical (unpaired) electrons. The maximum absolute atomic E-state index is 15.9. The topological polar surface area (TPSA) is 44.1 Å². The Morgan fingerprint density at radius 3 is 1.85 bits per heavy atom. The van der Waals surface area contributed by atoms with Gasteiger partial charge >= 0.3 is 0 Å². The van der Waals surface area contributed by atoms with Crippen LogP contribution in [0, 0.1) is 5.82 Å². The Bertz CT molecular complexity index is 2410. The summed E-state index contributed by atoms with van der Waals surface area (Å²) in [6.07, 6.45) is 0. The van der Waals surface area contributed by atoms with Gasteiger partial charge in [-0.2, -0.15) is 0 Å². The Balaban J connectivity index is 1.62. The van der Waals surface area contributed by atoms with E-state index in [-0.39, 0.29) is 5.39 Å². The minimum absolute atomic E-state index is 0.0616. The van der Waals surface area contributed by atoms with Crippen molar-refractivity contribution < 1.29 is 9.13 Å². The fraction of sp³-hybridized carbons (Fsp3) is 0.0476. The normalized spacial score (nSPS) is 19.5. The van der Waals surface area contributed by atoms with Crippen molar-refractivity contribution in [3.63, 3.8) is 0 Å². The zero-order chi connectivity index (χ0) is 31.6. The van der Waals surface area contributed by atoms with Gasteiger partial charge in [0.25, 0.3) is 5.56 Å². The molecule has 2 aliphatic heterocycles. The van der Waals surface area contributed by atoms with Crippen molar-refractivity contribution >= 4 is 22.2 Å². The number of fused-ring (bicyclic) bond motifs is 7. The summed E-state index contributed by atoms with van der Waals surface area (Å²) >= 11 is 0. The van der Waals surface area contributed by atoms with Crippen LogP contribution in [0.2, 0.25) is 0 Å². The van der Waals surface area contributed by atoms with E-state index >= 15 is 9.18 Å². The molecule has 0 aliphatic carbocycles. The lowest BCUT2D eigenvalue weighted by molar-refractivity contribution is 0.0232. The number of hydrogen-bond acceptors (Lipinski definition) is 3. The number of aromatic nitrogens is 2. The highest BCUT2D eigenvalue weighted by Crippen LogP contribution is 2.67. The first-order valence-corrected chi connectivity index (χ1v) is 15.6. The first kappa shape index (κ1) is 27.3. The standard InChI is InChI=1S/C42H27FN2O2/c43-34-26-15-27-35-36(34)40(46)45-39(44-35)32-24-13-14-25-33(32)42(31-22-11-4-12-23-31)41(45,30-20-9-3-10-21-30)37(28-16-5-1-6-17-28)38(47-42)29-18-7-2-8-19-29/h1-27H/t41-,42-/m0/s1. The predicted molar refractivity (Wildman–Crippen MR) is 183 cm³/mol. The van der Waals surface area contributed by atoms with Crippen LogP contribution < -0.4 is 5.56 Å². The summed E-state index contributed by atoms with van der Waals surface area (Å²) in [5.41, 5.74) is 2.90. The van der Waals surface area contributed by atoms with Gasteiger partial charge in [0.2, 0.25) is 0 Å². The first-order chi connectivity index (χ1) is 23.2. The van der Waals surface area contributed by atoms with Gasteiger partial charge in [-0.05, 0) is 23.3 Å². The van der Waals surface area contributed by atoms with E-state index in [0.29, 0.717) is 17.1 Å². The lowest BCUT2D eigenvalue weighted by Gasteiger charge is -2.51. The molecule has 0 amide bonds. The van der Waals surface area contributed by atoms with E-state index in [4.69, 9.17) is 9.72 Å². The summed E-state index contributed by atoms with van der Waals surface area (Å²) in [6, 6.07) is 52.7. The van der Waals surface area contributed by atoms with Crippen molar-refractivity contribution in [2.24, 2.45) is 0 Å². The maximum Gasteiger partial charge on any atom is 0.265 e. The van der Waals surface area contributed by atoms with Crippen LogP contribution in [0.4, 0.5) is 4.39 Å². The Hall–Kier alpha value is -6.07. The number of benzene rings is 6. The van der Waals surface area contributed by atoms with Gasteiger partial charge in [0.15, 0.2) is 11.1 Å². The lowest BCUT2D eigenvalue weighted by Crippen LogP contribution is -2.59. The van der Waals surface area contributed by atoms with E-state index in [0.717, 1.165) is 39.0 Å². The summed E-state index contributed by atoms with van der Waals surface area (Å²) in [5, 5.41) is -0.0616. The van der Waals surface area contributed by atoms with Crippen molar-refractivity contribution in [1.82, 2.24) is 9.55 Å². The molecule has 3 heterocycles. The summed E-state index contributed by atoms with van der Waals surface area (Å²) in [5.74, 6) is 0.466. The molecular weight excluding hydrogens is 583 g/mol. The molecule has 9 rings (SSSR count). The highest BCUT2D eigenvalue weighted by Gasteiger charge is 2.69. The van der Waals surface area contributed by atoms with E-state index in [2.05, 4.69) is 18.2 Å². The third-order valence-electron chi connectivity index (χ3n) is 9.55. The Morgan fingerprint density at radius 1 is 0.596 bits per heavy atom. The molecule has 47 heavy (non-hydrogen) atoms. The highest BCUT2D eigenvalue weighted by atomic mass is 19.1. The van der Waals surface area contributed by atoms with Gasteiger partial charge < -0.3 is 4.74 Å². The molecule has 224 valence electrons. The molecule has 0 saturated carbocycles. The smallest absolute Gasteiger partial charge is 0.265 e. The van der Waals surface area contributed by atoms with Crippen LogP contribution in [0.1, 0.15) is 27.8 Å². The first-order valence-electron chi connectivity index (χ1n) is 15.6. The number of rotatable bonds is 4. The van der Waals surface area contributed by atoms with Crippen LogP contribution in [0.25, 0.3) is 33.6 Å². The summed E-state index contributed by atoms with van der Waals surface area (Å²) in [7, 11) is 0. The van der Waals surface area contributed by atoms with Crippen molar-refractivity contribution in [2.45, 2.75) is 11.1 Å². The van der Waals surface area contributed by atoms with Gasteiger partial charge in [-0.1, -0.05) is 152 Å². The van der Waals surface area contributed by atoms with Crippen molar-refractivity contribution in [3.05, 3.63) is 208 Å². The van der Waals surface area contributed by atoms with Crippen molar-refractivity contribution in [2.75, 3.05) is 0 Å². The van der Waals surface area contributed by atoms with Crippen molar-refractivity contribution in [3.8, 4) is 11.4 Å². The molecule has 2 atom stereocenters. The highest BCUT2D eigenvalue weighted by molar-refractivity contribution is 6.00. The number of halogens is 1. The summed E-state index contributed by atoms with van der Waals surface area (Å²) < 4.78 is 25.2. The number of hydrogen-bond donors (Lipinski definition) is 0. The largest absolute Gasteiger partial charge is 0.473 e. The third kappa shape index (κ3) is 3.57. The second-order valence-corrected chi connectivity index (χ2v) is 11.9. The molecule has 4 nitrogen and oxygen atoms in total. The average molecular weight is 611 g/mol. The molecule has 0 unspecified atom stereocenters. The molecule has 7 aromatic rings. The molecule has 0 fully saturated rings. The molecule has 2 aliphatic rings. The fourth-order valence-corrected chi connectivity index (χ4v) is 7.79. The zero-order valence-corrected chi connectivity index (χ0v) is 25.2. The van der Waals surface area contributed by atoms with Crippen LogP contribution in [0.15, 0.2) is 169 Å². The van der Waals surface area contributed by atoms with Crippen LogP contribution in [-0.4, -0.2) is 9.55 Å². The average Bonchev–Trinajstić information content (AvgIpc) is 3.47. The van der Waals surface area contributed by atoms with Gasteiger partial charge in [-0.3, -0.25) is 9.36 Å². The lowest BCUT2D eigenvalue weighted by atomic mass is 9.60. The van der Waals surface area contributed by atoms with E-state index in [1.54, 1.807) is 16.7 Å². The van der Waals surface area contributed by atoms with Crippen molar-refractivity contribution in [1.29, 1.82) is 0 Å². The van der Waals surface area contributed by atoms with Gasteiger partial charge in [0, 0.05) is 27.8 Å². The third-order valence-corrected chi connectivity index (χ3v) is 9.55. The molecule has 0 saturated heterocycles. The van der Waals surface area contributed by atoms with Crippen LogP contribution in [-0.2, 0) is 15.9 Å². The van der Waals surface area contributed by atoms with Gasteiger partial charge in [0.1, 0.15) is 22.8 Å². The minimum atomic E-state index is -1.38. The van der Waals surface area contributed by atoms with Crippen LogP contribution >= 0.6 is 0 Å². The number of ether oxygens (including phenoxy) is 1. The molecule has 0 spiro atoms. The molecule has 0 bridgehead atoms. The molecule has 6 aromatic carbocycles. The van der Waals surface area contributed by atoms with Crippen LogP contribution in [0.5, 0.6) is 0 Å². The molecular formula is C42H27FN2O2. The quantitative estimate of drug-likeness (QED) is 0.200. The molecule has 1 aromatic heterocycles. The Kier molecular flexibility index (Phi) is 5.93. The molecule has 0 N–H and O–H groups in total. The minimum Gasteiger partial charge on any atom is -0.473 e. The molecule has 5 heteroatoms.